The summed E-state index contributed by atoms with van der Waals surface area (Å²) in [7, 11) is 0. The number of nitrogens with zero attached hydrogens (tertiary/aromatic N) is 5. The Hall–Kier alpha value is -2.30. The van der Waals surface area contributed by atoms with Crippen molar-refractivity contribution in [3.63, 3.8) is 0 Å². The highest BCUT2D eigenvalue weighted by Gasteiger charge is 2.36. The molecule has 2 aliphatic heterocycles. The molecule has 1 amide bonds. The Morgan fingerprint density at radius 2 is 2.21 bits per heavy atom. The van der Waals surface area contributed by atoms with Gasteiger partial charge in [-0.3, -0.25) is 9.36 Å². The van der Waals surface area contributed by atoms with Crippen molar-refractivity contribution in [3.05, 3.63) is 12.7 Å². The van der Waals surface area contributed by atoms with E-state index in [-0.39, 0.29) is 24.5 Å². The van der Waals surface area contributed by atoms with E-state index >= 15 is 0 Å². The fourth-order valence-corrected chi connectivity index (χ4v) is 3.88. The third-order valence-electron chi connectivity index (χ3n) is 5.34. The second-order valence-corrected chi connectivity index (χ2v) is 7.75. The third-order valence-corrected chi connectivity index (χ3v) is 5.34. The lowest BCUT2D eigenvalue weighted by atomic mass is 10.2. The molecule has 2 aliphatic rings. The van der Waals surface area contributed by atoms with Crippen molar-refractivity contribution in [1.29, 1.82) is 0 Å². The largest absolute Gasteiger partial charge is 0.394 e. The van der Waals surface area contributed by atoms with Crippen LogP contribution in [-0.4, -0.2) is 78.5 Å². The van der Waals surface area contributed by atoms with Crippen LogP contribution in [0.5, 0.6) is 0 Å². The maximum absolute atomic E-state index is 12.2. The van der Waals surface area contributed by atoms with Crippen molar-refractivity contribution >= 4 is 22.9 Å². The molecule has 0 bridgehead atoms. The maximum atomic E-state index is 12.2. The smallest absolute Gasteiger partial charge is 0.225 e. The molecule has 0 spiro atoms. The first-order valence-electron chi connectivity index (χ1n) is 9.65. The summed E-state index contributed by atoms with van der Waals surface area (Å²) >= 11 is 0. The Balaban J connectivity index is 1.52. The molecule has 10 nitrogen and oxygen atoms in total. The van der Waals surface area contributed by atoms with Crippen LogP contribution in [0, 0.1) is 5.92 Å². The summed E-state index contributed by atoms with van der Waals surface area (Å²) in [5.74, 6) is 0.742. The number of ether oxygens (including phenoxy) is 1. The number of anilines is 1. The zero-order valence-corrected chi connectivity index (χ0v) is 16.0. The number of hydrogen-bond donors (Lipinski definition) is 3. The van der Waals surface area contributed by atoms with E-state index in [1.165, 1.54) is 6.33 Å². The molecule has 0 aromatic carbocycles. The Bertz CT molecular complexity index is 856. The lowest BCUT2D eigenvalue weighted by Crippen LogP contribution is -2.34. The number of hydrogen-bond acceptors (Lipinski definition) is 8. The molecular formula is C18H26N6O4. The van der Waals surface area contributed by atoms with Crippen LogP contribution in [0.1, 0.15) is 32.9 Å². The van der Waals surface area contributed by atoms with Crippen LogP contribution in [0.4, 0.5) is 5.82 Å². The van der Waals surface area contributed by atoms with E-state index in [1.807, 2.05) is 18.7 Å². The first-order chi connectivity index (χ1) is 13.5. The van der Waals surface area contributed by atoms with Crippen LogP contribution < -0.4 is 5.32 Å². The first kappa shape index (κ1) is 19.0. The summed E-state index contributed by atoms with van der Waals surface area (Å²) in [5.41, 5.74) is 1.13. The summed E-state index contributed by atoms with van der Waals surface area (Å²) in [6, 6.07) is 0.0954. The number of carbonyl (C=O) groups is 1. The highest BCUT2D eigenvalue weighted by atomic mass is 16.5. The number of amides is 1. The molecule has 3 N–H and O–H groups in total. The van der Waals surface area contributed by atoms with Gasteiger partial charge in [0.1, 0.15) is 12.4 Å². The highest BCUT2D eigenvalue weighted by Crippen LogP contribution is 2.32. The van der Waals surface area contributed by atoms with Crippen molar-refractivity contribution in [2.45, 2.75) is 51.2 Å². The Morgan fingerprint density at radius 1 is 1.39 bits per heavy atom. The Morgan fingerprint density at radius 3 is 2.93 bits per heavy atom. The van der Waals surface area contributed by atoms with Crippen molar-refractivity contribution in [1.82, 2.24) is 24.4 Å². The van der Waals surface area contributed by atoms with E-state index in [9.17, 15) is 15.0 Å². The van der Waals surface area contributed by atoms with Crippen molar-refractivity contribution in [3.8, 4) is 0 Å². The number of fused-ring (bicyclic) bond motifs is 1. The predicted molar refractivity (Wildman–Crippen MR) is 100 cm³/mol. The second-order valence-electron chi connectivity index (χ2n) is 7.75. The number of aliphatic hydroxyl groups is 2. The quantitative estimate of drug-likeness (QED) is 0.658. The lowest BCUT2D eigenvalue weighted by Gasteiger charge is -2.19. The van der Waals surface area contributed by atoms with Gasteiger partial charge >= 0.3 is 0 Å². The average molecular weight is 390 g/mol. The van der Waals surface area contributed by atoms with E-state index < -0.39 is 18.4 Å². The molecule has 0 radical (unpaired) electrons. The highest BCUT2D eigenvalue weighted by molar-refractivity contribution is 5.83. The van der Waals surface area contributed by atoms with Crippen LogP contribution in [0.15, 0.2) is 12.7 Å². The van der Waals surface area contributed by atoms with Gasteiger partial charge in [0.25, 0.3) is 0 Å². The molecular weight excluding hydrogens is 364 g/mol. The second kappa shape index (κ2) is 7.61. The third kappa shape index (κ3) is 3.43. The summed E-state index contributed by atoms with van der Waals surface area (Å²) in [4.78, 5) is 27.1. The minimum absolute atomic E-state index is 0.0132. The van der Waals surface area contributed by atoms with E-state index in [0.717, 1.165) is 13.0 Å². The average Bonchev–Trinajstić information content (AvgIpc) is 3.39. The van der Waals surface area contributed by atoms with Crippen LogP contribution in [-0.2, 0) is 9.53 Å². The number of likely N-dealkylation sites (tertiary alicyclic amines) is 1. The van der Waals surface area contributed by atoms with Gasteiger partial charge in [0.15, 0.2) is 23.2 Å². The van der Waals surface area contributed by atoms with Gasteiger partial charge in [0, 0.05) is 31.5 Å². The monoisotopic (exact) mass is 390 g/mol. The molecule has 2 aromatic rings. The number of nitrogens with one attached hydrogen (secondary N) is 1. The number of aliphatic hydroxyl groups excluding tert-OH is 2. The zero-order chi connectivity index (χ0) is 19.8. The molecule has 2 aromatic heterocycles. The molecule has 0 aliphatic carbocycles. The Labute approximate surface area is 162 Å². The molecule has 4 rings (SSSR count). The molecule has 2 saturated heterocycles. The number of imidazole rings is 1. The van der Waals surface area contributed by atoms with Gasteiger partial charge in [0.05, 0.1) is 19.0 Å². The predicted octanol–water partition coefficient (Wildman–Crippen LogP) is 0.136. The summed E-state index contributed by atoms with van der Waals surface area (Å²) in [6.45, 7) is 5.03. The van der Waals surface area contributed by atoms with Crippen LogP contribution in [0.2, 0.25) is 0 Å². The molecule has 152 valence electrons. The number of carbonyl (C=O) groups excluding carboxylic acids is 1. The normalized spacial score (nSPS) is 27.8. The first-order valence-corrected chi connectivity index (χ1v) is 9.65. The summed E-state index contributed by atoms with van der Waals surface area (Å²) in [6.07, 6.45) is 2.43. The van der Waals surface area contributed by atoms with Crippen molar-refractivity contribution in [2.75, 3.05) is 25.0 Å². The van der Waals surface area contributed by atoms with Gasteiger partial charge < -0.3 is 25.2 Å². The minimum atomic E-state index is -0.744. The van der Waals surface area contributed by atoms with Gasteiger partial charge in [-0.1, -0.05) is 13.8 Å². The molecule has 10 heteroatoms. The summed E-state index contributed by atoms with van der Waals surface area (Å²) in [5, 5.41) is 22.9. The molecule has 1 unspecified atom stereocenters. The molecule has 0 saturated carbocycles. The standard InChI is InChI=1S/C18H26N6O4/c1-10(2)17(27)23-4-3-11(6-23)22-15-14-16(20-8-19-15)24(9-21-14)18-13(26)5-12(7-25)28-18/h8-13,18,25-26H,3-7H2,1-2H3,(H,19,20,22)/t11?,12-,13+,18+/m0/s1. The fourth-order valence-electron chi connectivity index (χ4n) is 3.88. The van der Waals surface area contributed by atoms with Gasteiger partial charge in [-0.25, -0.2) is 15.0 Å². The van der Waals surface area contributed by atoms with Gasteiger partial charge in [-0.2, -0.15) is 0 Å². The maximum Gasteiger partial charge on any atom is 0.225 e. The summed E-state index contributed by atoms with van der Waals surface area (Å²) < 4.78 is 7.38. The van der Waals surface area contributed by atoms with Crippen molar-refractivity contribution in [2.24, 2.45) is 5.92 Å². The fraction of sp³-hybridized carbons (Fsp3) is 0.667. The van der Waals surface area contributed by atoms with Gasteiger partial charge in [-0.05, 0) is 6.42 Å². The topological polar surface area (TPSA) is 126 Å². The minimum Gasteiger partial charge on any atom is -0.394 e. The molecule has 2 fully saturated rings. The molecule has 4 heterocycles. The van der Waals surface area contributed by atoms with Crippen LogP contribution >= 0.6 is 0 Å². The van der Waals surface area contributed by atoms with Gasteiger partial charge in [0.2, 0.25) is 5.91 Å². The van der Waals surface area contributed by atoms with Crippen LogP contribution in [0.3, 0.4) is 0 Å². The van der Waals surface area contributed by atoms with E-state index in [1.54, 1.807) is 10.9 Å². The van der Waals surface area contributed by atoms with E-state index in [0.29, 0.717) is 29.9 Å². The molecule has 28 heavy (non-hydrogen) atoms. The van der Waals surface area contributed by atoms with Crippen LogP contribution in [0.25, 0.3) is 11.2 Å². The van der Waals surface area contributed by atoms with Crippen molar-refractivity contribution < 1.29 is 19.7 Å². The molecule has 4 atom stereocenters. The number of rotatable bonds is 5. The SMILES string of the molecule is CC(C)C(=O)N1CCC(Nc2ncnc3c2ncn3[C@@H]2O[C@H](CO)C[C@H]2O)C1. The van der Waals surface area contributed by atoms with Gasteiger partial charge in [-0.15, -0.1) is 0 Å². The lowest BCUT2D eigenvalue weighted by molar-refractivity contribution is -0.133. The van der Waals surface area contributed by atoms with E-state index in [4.69, 9.17) is 4.74 Å². The van der Waals surface area contributed by atoms with E-state index in [2.05, 4.69) is 20.3 Å². The Kier molecular flexibility index (Phi) is 5.17. The number of aromatic nitrogens is 4. The zero-order valence-electron chi connectivity index (χ0n) is 16.0.